The maximum absolute atomic E-state index is 11.9. The topological polar surface area (TPSA) is 74.2 Å². The van der Waals surface area contributed by atoms with E-state index < -0.39 is 0 Å². The molecule has 1 atom stereocenters. The normalized spacial score (nSPS) is 12.0. The highest BCUT2D eigenvalue weighted by atomic mass is 32.1. The van der Waals surface area contributed by atoms with E-state index in [0.29, 0.717) is 13.0 Å². The van der Waals surface area contributed by atoms with Gasteiger partial charge in [-0.05, 0) is 25.8 Å². The van der Waals surface area contributed by atoms with E-state index in [0.717, 1.165) is 21.1 Å². The Morgan fingerprint density at radius 3 is 2.64 bits per heavy atom. The van der Waals surface area contributed by atoms with Crippen LogP contribution in [0.25, 0.3) is 0 Å². The van der Waals surface area contributed by atoms with Gasteiger partial charge in [0.15, 0.2) is 0 Å². The van der Waals surface area contributed by atoms with Crippen molar-refractivity contribution < 1.29 is 9.90 Å². The van der Waals surface area contributed by atoms with Crippen molar-refractivity contribution in [2.75, 3.05) is 6.61 Å². The van der Waals surface area contributed by atoms with Crippen LogP contribution in [-0.2, 0) is 13.0 Å². The summed E-state index contributed by atoms with van der Waals surface area (Å²) in [5.74, 6) is 0. The predicted molar refractivity (Wildman–Crippen MR) is 88.0 cm³/mol. The third-order valence-electron chi connectivity index (χ3n) is 3.29. The van der Waals surface area contributed by atoms with Crippen LogP contribution < -0.4 is 10.6 Å². The van der Waals surface area contributed by atoms with E-state index in [-0.39, 0.29) is 18.7 Å². The van der Waals surface area contributed by atoms with E-state index in [2.05, 4.69) is 15.6 Å². The van der Waals surface area contributed by atoms with Crippen LogP contribution in [0.3, 0.4) is 0 Å². The Morgan fingerprint density at radius 1 is 1.32 bits per heavy atom. The minimum Gasteiger partial charge on any atom is -0.394 e. The number of aliphatic hydroxyl groups is 1. The molecule has 1 aromatic heterocycles. The molecule has 5 nitrogen and oxygen atoms in total. The number of amides is 2. The fraction of sp³-hybridized carbons (Fsp3) is 0.375. The van der Waals surface area contributed by atoms with Crippen molar-refractivity contribution in [1.82, 2.24) is 15.6 Å². The minimum atomic E-state index is -0.299. The first-order valence-corrected chi connectivity index (χ1v) is 8.02. The number of aryl methyl sites for hydroxylation is 2. The highest BCUT2D eigenvalue weighted by Gasteiger charge is 2.13. The Hall–Kier alpha value is -1.92. The van der Waals surface area contributed by atoms with Gasteiger partial charge in [0.1, 0.15) is 0 Å². The predicted octanol–water partition coefficient (Wildman–Crippen LogP) is 2.16. The number of hydrogen-bond acceptors (Lipinski definition) is 4. The second-order valence-corrected chi connectivity index (χ2v) is 6.43. The van der Waals surface area contributed by atoms with Crippen LogP contribution in [0.15, 0.2) is 30.3 Å². The summed E-state index contributed by atoms with van der Waals surface area (Å²) in [5.41, 5.74) is 2.03. The summed E-state index contributed by atoms with van der Waals surface area (Å²) in [6.45, 7) is 4.24. The zero-order valence-electron chi connectivity index (χ0n) is 12.8. The largest absolute Gasteiger partial charge is 0.394 e. The molecule has 0 bridgehead atoms. The Morgan fingerprint density at radius 2 is 2.05 bits per heavy atom. The van der Waals surface area contributed by atoms with Crippen molar-refractivity contribution in [1.29, 1.82) is 0 Å². The van der Waals surface area contributed by atoms with Gasteiger partial charge >= 0.3 is 6.03 Å². The van der Waals surface area contributed by atoms with Crippen molar-refractivity contribution >= 4 is 17.4 Å². The average molecular weight is 319 g/mol. The number of thiazole rings is 1. The average Bonchev–Trinajstić information content (AvgIpc) is 2.83. The van der Waals surface area contributed by atoms with Gasteiger partial charge in [0.2, 0.25) is 0 Å². The highest BCUT2D eigenvalue weighted by molar-refractivity contribution is 7.11. The van der Waals surface area contributed by atoms with Crippen molar-refractivity contribution in [3.63, 3.8) is 0 Å². The van der Waals surface area contributed by atoms with Crippen molar-refractivity contribution in [2.45, 2.75) is 32.9 Å². The summed E-state index contributed by atoms with van der Waals surface area (Å²) in [6, 6.07) is 9.21. The number of aliphatic hydroxyl groups excluding tert-OH is 1. The molecule has 0 saturated carbocycles. The van der Waals surface area contributed by atoms with Crippen LogP contribution >= 0.6 is 11.3 Å². The lowest BCUT2D eigenvalue weighted by Crippen LogP contribution is -2.44. The van der Waals surface area contributed by atoms with Gasteiger partial charge in [-0.3, -0.25) is 0 Å². The maximum atomic E-state index is 11.9. The van der Waals surface area contributed by atoms with Gasteiger partial charge < -0.3 is 15.7 Å². The molecule has 22 heavy (non-hydrogen) atoms. The fourth-order valence-corrected chi connectivity index (χ4v) is 3.07. The van der Waals surface area contributed by atoms with Gasteiger partial charge in [-0.15, -0.1) is 11.3 Å². The molecule has 6 heteroatoms. The number of carbonyl (C=O) groups excluding carboxylic acids is 1. The molecule has 0 radical (unpaired) electrons. The second-order valence-electron chi connectivity index (χ2n) is 5.14. The highest BCUT2D eigenvalue weighted by Crippen LogP contribution is 2.16. The fourth-order valence-electron chi connectivity index (χ4n) is 2.19. The third-order valence-corrected chi connectivity index (χ3v) is 4.36. The van der Waals surface area contributed by atoms with Crippen LogP contribution in [0.4, 0.5) is 4.79 Å². The van der Waals surface area contributed by atoms with Gasteiger partial charge in [-0.2, -0.15) is 0 Å². The van der Waals surface area contributed by atoms with E-state index in [1.54, 1.807) is 11.3 Å². The Labute approximate surface area is 134 Å². The zero-order valence-corrected chi connectivity index (χ0v) is 13.6. The van der Waals surface area contributed by atoms with E-state index in [9.17, 15) is 9.90 Å². The van der Waals surface area contributed by atoms with Crippen LogP contribution in [-0.4, -0.2) is 28.8 Å². The molecule has 0 saturated heterocycles. The molecule has 0 fully saturated rings. The molecule has 0 aliphatic heterocycles. The van der Waals surface area contributed by atoms with Crippen LogP contribution in [0.2, 0.25) is 0 Å². The lowest BCUT2D eigenvalue weighted by atomic mass is 10.1. The van der Waals surface area contributed by atoms with Crippen LogP contribution in [0.1, 0.15) is 21.1 Å². The second kappa shape index (κ2) is 7.91. The number of aromatic nitrogens is 1. The van der Waals surface area contributed by atoms with E-state index >= 15 is 0 Å². The summed E-state index contributed by atoms with van der Waals surface area (Å²) in [7, 11) is 0. The van der Waals surface area contributed by atoms with Gasteiger partial charge in [0, 0.05) is 4.88 Å². The monoisotopic (exact) mass is 319 g/mol. The van der Waals surface area contributed by atoms with Crippen LogP contribution in [0.5, 0.6) is 0 Å². The molecule has 1 heterocycles. The SMILES string of the molecule is Cc1nc(C)c(CNC(=O)N[C@H](CO)Cc2ccccc2)s1. The van der Waals surface area contributed by atoms with Crippen molar-refractivity contribution in [2.24, 2.45) is 0 Å². The molecule has 118 valence electrons. The lowest BCUT2D eigenvalue weighted by molar-refractivity contribution is 0.215. The number of nitrogens with zero attached hydrogens (tertiary/aromatic N) is 1. The van der Waals surface area contributed by atoms with Gasteiger partial charge in [-0.1, -0.05) is 30.3 Å². The number of nitrogens with one attached hydrogen (secondary N) is 2. The molecule has 0 aliphatic rings. The molecule has 0 unspecified atom stereocenters. The summed E-state index contributed by atoms with van der Waals surface area (Å²) in [6.07, 6.45) is 0.601. The standard InChI is InChI=1S/C16H21N3O2S/c1-11-15(22-12(2)18-11)9-17-16(21)19-14(10-20)8-13-6-4-3-5-7-13/h3-7,14,20H,8-10H2,1-2H3,(H2,17,19,21)/t14-/m0/s1. The molecular weight excluding hydrogens is 298 g/mol. The summed E-state index contributed by atoms with van der Waals surface area (Å²) >= 11 is 1.58. The first kappa shape index (κ1) is 16.5. The summed E-state index contributed by atoms with van der Waals surface area (Å²) in [5, 5.41) is 16.0. The minimum absolute atomic E-state index is 0.0962. The molecular formula is C16H21N3O2S. The first-order chi connectivity index (χ1) is 10.6. The Balaban J connectivity index is 1.83. The number of urea groups is 1. The number of carbonyl (C=O) groups is 1. The Kier molecular flexibility index (Phi) is 5.91. The maximum Gasteiger partial charge on any atom is 0.315 e. The van der Waals surface area contributed by atoms with Crippen LogP contribution in [0, 0.1) is 13.8 Å². The van der Waals surface area contributed by atoms with E-state index in [1.807, 2.05) is 44.2 Å². The molecule has 0 aliphatic carbocycles. The number of hydrogen-bond donors (Lipinski definition) is 3. The zero-order chi connectivity index (χ0) is 15.9. The molecule has 3 N–H and O–H groups in total. The van der Waals surface area contributed by atoms with Gasteiger partial charge in [-0.25, -0.2) is 9.78 Å². The van der Waals surface area contributed by atoms with E-state index in [1.165, 1.54) is 0 Å². The number of benzene rings is 1. The molecule has 2 aromatic rings. The number of rotatable bonds is 6. The van der Waals surface area contributed by atoms with Crippen molar-refractivity contribution in [3.05, 3.63) is 51.5 Å². The quantitative estimate of drug-likeness (QED) is 0.764. The molecule has 0 spiro atoms. The smallest absolute Gasteiger partial charge is 0.315 e. The van der Waals surface area contributed by atoms with Gasteiger partial charge in [0.05, 0.1) is 29.9 Å². The molecule has 2 rings (SSSR count). The lowest BCUT2D eigenvalue weighted by Gasteiger charge is -2.16. The summed E-state index contributed by atoms with van der Waals surface area (Å²) < 4.78 is 0. The first-order valence-electron chi connectivity index (χ1n) is 7.20. The Bertz CT molecular complexity index is 613. The van der Waals surface area contributed by atoms with Gasteiger partial charge in [0.25, 0.3) is 0 Å². The molecule has 2 amide bonds. The third kappa shape index (κ3) is 4.82. The van der Waals surface area contributed by atoms with Crippen molar-refractivity contribution in [3.8, 4) is 0 Å². The molecule has 1 aromatic carbocycles. The van der Waals surface area contributed by atoms with E-state index in [4.69, 9.17) is 0 Å². The summed E-state index contributed by atoms with van der Waals surface area (Å²) in [4.78, 5) is 17.3.